The summed E-state index contributed by atoms with van der Waals surface area (Å²) in [6.07, 6.45) is 0. The molecule has 4 nitrogen and oxygen atoms in total. The Morgan fingerprint density at radius 2 is 2.06 bits per heavy atom. The van der Waals surface area contributed by atoms with E-state index in [1.807, 2.05) is 17.5 Å². The summed E-state index contributed by atoms with van der Waals surface area (Å²) in [6, 6.07) is 11.1. The minimum atomic E-state index is 0.0924. The highest BCUT2D eigenvalue weighted by atomic mass is 32.1. The van der Waals surface area contributed by atoms with E-state index in [1.165, 1.54) is 4.88 Å². The zero-order chi connectivity index (χ0) is 12.1. The van der Waals surface area contributed by atoms with Gasteiger partial charge >= 0.3 is 0 Å². The van der Waals surface area contributed by atoms with Crippen LogP contribution in [0.1, 0.15) is 10.4 Å². The molecule has 88 valence electrons. The van der Waals surface area contributed by atoms with Gasteiger partial charge in [0, 0.05) is 10.4 Å². The van der Waals surface area contributed by atoms with Gasteiger partial charge in [-0.1, -0.05) is 11.2 Å². The number of hydrogen-bond acceptors (Lipinski definition) is 4. The monoisotopic (exact) mass is 248 g/mol. The largest absolute Gasteiger partial charge is 0.488 e. The van der Waals surface area contributed by atoms with Crippen LogP contribution in [0.2, 0.25) is 0 Å². The summed E-state index contributed by atoms with van der Waals surface area (Å²) in [6.45, 7) is 0.556. The van der Waals surface area contributed by atoms with Crippen molar-refractivity contribution in [2.24, 2.45) is 10.9 Å². The summed E-state index contributed by atoms with van der Waals surface area (Å²) in [5, 5.41) is 13.5. The minimum Gasteiger partial charge on any atom is -0.488 e. The number of ether oxygens (including phenoxy) is 1. The van der Waals surface area contributed by atoms with Crippen molar-refractivity contribution in [2.75, 3.05) is 0 Å². The number of rotatable bonds is 4. The zero-order valence-corrected chi connectivity index (χ0v) is 9.85. The second-order valence-electron chi connectivity index (χ2n) is 3.38. The smallest absolute Gasteiger partial charge is 0.170 e. The van der Waals surface area contributed by atoms with Gasteiger partial charge in [-0.3, -0.25) is 0 Å². The molecule has 5 heteroatoms. The number of nitrogens with two attached hydrogens (primary N) is 1. The number of hydrogen-bond donors (Lipinski definition) is 2. The molecule has 0 unspecified atom stereocenters. The van der Waals surface area contributed by atoms with E-state index in [9.17, 15) is 0 Å². The van der Waals surface area contributed by atoms with E-state index in [2.05, 4.69) is 5.16 Å². The fraction of sp³-hybridized carbons (Fsp3) is 0.0833. The molecule has 0 fully saturated rings. The van der Waals surface area contributed by atoms with Gasteiger partial charge in [-0.2, -0.15) is 0 Å². The highest BCUT2D eigenvalue weighted by Gasteiger charge is 2.00. The summed E-state index contributed by atoms with van der Waals surface area (Å²) in [5.41, 5.74) is 6.12. The van der Waals surface area contributed by atoms with Gasteiger partial charge < -0.3 is 15.7 Å². The van der Waals surface area contributed by atoms with Gasteiger partial charge in [0.1, 0.15) is 12.4 Å². The van der Waals surface area contributed by atoms with Crippen molar-refractivity contribution in [1.29, 1.82) is 0 Å². The van der Waals surface area contributed by atoms with Crippen molar-refractivity contribution in [2.45, 2.75) is 6.61 Å². The molecule has 0 aliphatic carbocycles. The van der Waals surface area contributed by atoms with E-state index in [4.69, 9.17) is 15.7 Å². The molecule has 0 bridgehead atoms. The molecule has 1 aromatic carbocycles. The molecule has 0 saturated heterocycles. The van der Waals surface area contributed by atoms with Crippen molar-refractivity contribution >= 4 is 17.2 Å². The third-order valence-electron chi connectivity index (χ3n) is 2.22. The molecule has 0 saturated carbocycles. The van der Waals surface area contributed by atoms with Gasteiger partial charge in [0.15, 0.2) is 5.84 Å². The first-order valence-corrected chi connectivity index (χ1v) is 5.90. The predicted molar refractivity (Wildman–Crippen MR) is 67.6 cm³/mol. The lowest BCUT2D eigenvalue weighted by Crippen LogP contribution is -2.12. The average molecular weight is 248 g/mol. The van der Waals surface area contributed by atoms with Crippen molar-refractivity contribution < 1.29 is 9.94 Å². The second-order valence-corrected chi connectivity index (χ2v) is 4.41. The molecule has 0 aliphatic heterocycles. The molecule has 0 atom stereocenters. The van der Waals surface area contributed by atoms with Crippen LogP contribution in [-0.2, 0) is 6.61 Å². The lowest BCUT2D eigenvalue weighted by atomic mass is 10.2. The molecule has 0 amide bonds. The first-order chi connectivity index (χ1) is 8.29. The van der Waals surface area contributed by atoms with Crippen molar-refractivity contribution in [3.63, 3.8) is 0 Å². The summed E-state index contributed by atoms with van der Waals surface area (Å²) >= 11 is 1.66. The lowest BCUT2D eigenvalue weighted by Gasteiger charge is -2.05. The topological polar surface area (TPSA) is 67.8 Å². The summed E-state index contributed by atoms with van der Waals surface area (Å²) in [4.78, 5) is 1.17. The molecule has 2 rings (SSSR count). The maximum Gasteiger partial charge on any atom is 0.170 e. The Balaban J connectivity index is 1.99. The number of amidine groups is 1. The summed E-state index contributed by atoms with van der Waals surface area (Å²) in [7, 11) is 0. The van der Waals surface area contributed by atoms with Crippen molar-refractivity contribution in [3.8, 4) is 5.75 Å². The van der Waals surface area contributed by atoms with Crippen LogP contribution >= 0.6 is 11.3 Å². The molecule has 2 aromatic rings. The van der Waals surface area contributed by atoms with Crippen LogP contribution in [0, 0.1) is 0 Å². The number of oxime groups is 1. The fourth-order valence-corrected chi connectivity index (χ4v) is 1.94. The number of nitrogens with zero attached hydrogens (tertiary/aromatic N) is 1. The van der Waals surface area contributed by atoms with Crippen molar-refractivity contribution in [1.82, 2.24) is 0 Å². The van der Waals surface area contributed by atoms with Crippen LogP contribution in [0.5, 0.6) is 5.75 Å². The SMILES string of the molecule is N/C(=N\O)c1ccc(OCc2cccs2)cc1. The molecule has 1 heterocycles. The maximum absolute atomic E-state index is 8.52. The molecular formula is C12H12N2O2S. The molecule has 1 aromatic heterocycles. The maximum atomic E-state index is 8.52. The first-order valence-electron chi connectivity index (χ1n) is 5.03. The van der Waals surface area contributed by atoms with E-state index < -0.39 is 0 Å². The lowest BCUT2D eigenvalue weighted by molar-refractivity contribution is 0.309. The number of thiophene rings is 1. The molecule has 17 heavy (non-hydrogen) atoms. The second kappa shape index (κ2) is 5.36. The van der Waals surface area contributed by atoms with Crippen LogP contribution in [0.25, 0.3) is 0 Å². The van der Waals surface area contributed by atoms with Gasteiger partial charge in [0.2, 0.25) is 0 Å². The van der Waals surface area contributed by atoms with Crippen LogP contribution in [0.4, 0.5) is 0 Å². The highest BCUT2D eigenvalue weighted by Crippen LogP contribution is 2.16. The quantitative estimate of drug-likeness (QED) is 0.378. The Labute approximate surface area is 103 Å². The molecule has 0 aliphatic rings. The Hall–Kier alpha value is -2.01. The zero-order valence-electron chi connectivity index (χ0n) is 9.04. The van der Waals surface area contributed by atoms with E-state index in [-0.39, 0.29) is 5.84 Å². The van der Waals surface area contributed by atoms with Crippen LogP contribution in [0.15, 0.2) is 46.9 Å². The number of benzene rings is 1. The van der Waals surface area contributed by atoms with E-state index in [1.54, 1.807) is 35.6 Å². The van der Waals surface area contributed by atoms with E-state index in [0.717, 1.165) is 5.75 Å². The third kappa shape index (κ3) is 2.98. The van der Waals surface area contributed by atoms with Crippen LogP contribution < -0.4 is 10.5 Å². The van der Waals surface area contributed by atoms with Gasteiger partial charge in [0.25, 0.3) is 0 Å². The first kappa shape index (κ1) is 11.5. The van der Waals surface area contributed by atoms with Gasteiger partial charge in [-0.15, -0.1) is 11.3 Å². The van der Waals surface area contributed by atoms with E-state index in [0.29, 0.717) is 12.2 Å². The minimum absolute atomic E-state index is 0.0924. The molecule has 0 spiro atoms. The van der Waals surface area contributed by atoms with Gasteiger partial charge in [0.05, 0.1) is 0 Å². The predicted octanol–water partition coefficient (Wildman–Crippen LogP) is 2.42. The average Bonchev–Trinajstić information content (AvgIpc) is 2.89. The normalized spacial score (nSPS) is 11.4. The fourth-order valence-electron chi connectivity index (χ4n) is 1.33. The third-order valence-corrected chi connectivity index (χ3v) is 3.07. The molecule has 3 N–H and O–H groups in total. The van der Waals surface area contributed by atoms with Crippen LogP contribution in [-0.4, -0.2) is 11.0 Å². The Kier molecular flexibility index (Phi) is 3.62. The van der Waals surface area contributed by atoms with Crippen molar-refractivity contribution in [3.05, 3.63) is 52.2 Å². The summed E-state index contributed by atoms with van der Waals surface area (Å²) in [5.74, 6) is 0.850. The Bertz CT molecular complexity index is 492. The van der Waals surface area contributed by atoms with Crippen LogP contribution in [0.3, 0.4) is 0 Å². The Morgan fingerprint density at radius 1 is 1.29 bits per heavy atom. The van der Waals surface area contributed by atoms with Gasteiger partial charge in [-0.25, -0.2) is 0 Å². The Morgan fingerprint density at radius 3 is 2.65 bits per heavy atom. The molecular weight excluding hydrogens is 236 g/mol. The standard InChI is InChI=1S/C12H12N2O2S/c13-12(14-15)9-3-5-10(6-4-9)16-8-11-2-1-7-17-11/h1-7,15H,8H2,(H2,13,14). The van der Waals surface area contributed by atoms with Gasteiger partial charge in [-0.05, 0) is 35.7 Å². The highest BCUT2D eigenvalue weighted by molar-refractivity contribution is 7.09. The van der Waals surface area contributed by atoms with E-state index >= 15 is 0 Å². The molecule has 0 radical (unpaired) electrons. The summed E-state index contributed by atoms with van der Waals surface area (Å²) < 4.78 is 5.59.